The van der Waals surface area contributed by atoms with Crippen LogP contribution < -0.4 is 16.0 Å². The Labute approximate surface area is 173 Å². The fourth-order valence-electron chi connectivity index (χ4n) is 3.84. The lowest BCUT2D eigenvalue weighted by Gasteiger charge is -2.24. The molecule has 0 radical (unpaired) electrons. The van der Waals surface area contributed by atoms with Gasteiger partial charge in [-0.3, -0.25) is 9.79 Å². The quantitative estimate of drug-likeness (QED) is 0.497. The molecule has 0 spiro atoms. The Morgan fingerprint density at radius 1 is 1.07 bits per heavy atom. The van der Waals surface area contributed by atoms with Crippen LogP contribution in [0.5, 0.6) is 0 Å². The van der Waals surface area contributed by atoms with Crippen LogP contribution in [0.15, 0.2) is 59.6 Å². The first-order chi connectivity index (χ1) is 14.2. The van der Waals surface area contributed by atoms with E-state index in [0.717, 1.165) is 36.6 Å². The molecular weight excluding hydrogens is 360 g/mol. The summed E-state index contributed by atoms with van der Waals surface area (Å²) in [6.07, 6.45) is 5.62. The lowest BCUT2D eigenvalue weighted by molar-refractivity contribution is -0.122. The molecule has 1 amide bonds. The highest BCUT2D eigenvalue weighted by Crippen LogP contribution is 2.47. The third kappa shape index (κ3) is 4.78. The highest BCUT2D eigenvalue weighted by molar-refractivity contribution is 5.93. The third-order valence-corrected chi connectivity index (χ3v) is 6.19. The molecule has 3 N–H and O–H groups in total. The SMILES string of the molecule is CN=C(NCc1cccc(NC(=O)C2CCC2)c1)NCC1(c2ccccc2)CC1. The number of benzene rings is 2. The van der Waals surface area contributed by atoms with Gasteiger partial charge in [0.15, 0.2) is 5.96 Å². The molecule has 5 heteroatoms. The number of hydrogen-bond donors (Lipinski definition) is 3. The number of amides is 1. The molecule has 2 saturated carbocycles. The van der Waals surface area contributed by atoms with Crippen molar-refractivity contribution in [2.24, 2.45) is 10.9 Å². The lowest BCUT2D eigenvalue weighted by Crippen LogP contribution is -2.40. The maximum absolute atomic E-state index is 12.2. The predicted molar refractivity (Wildman–Crippen MR) is 118 cm³/mol. The summed E-state index contributed by atoms with van der Waals surface area (Å²) in [5, 5.41) is 9.92. The molecule has 0 atom stereocenters. The molecular formula is C24H30N4O. The molecule has 5 nitrogen and oxygen atoms in total. The Balaban J connectivity index is 1.28. The van der Waals surface area contributed by atoms with Gasteiger partial charge in [-0.1, -0.05) is 48.9 Å². The fraction of sp³-hybridized carbons (Fsp3) is 0.417. The van der Waals surface area contributed by atoms with Crippen molar-refractivity contribution in [1.29, 1.82) is 0 Å². The number of nitrogens with zero attached hydrogens (tertiary/aromatic N) is 1. The zero-order valence-electron chi connectivity index (χ0n) is 17.1. The Kier molecular flexibility index (Phi) is 5.84. The van der Waals surface area contributed by atoms with Gasteiger partial charge in [-0.05, 0) is 48.9 Å². The molecule has 29 heavy (non-hydrogen) atoms. The molecule has 2 fully saturated rings. The Hall–Kier alpha value is -2.82. The van der Waals surface area contributed by atoms with Crippen LogP contribution in [0.3, 0.4) is 0 Å². The van der Waals surface area contributed by atoms with E-state index < -0.39 is 0 Å². The first kappa shape index (κ1) is 19.5. The topological polar surface area (TPSA) is 65.5 Å². The zero-order chi connectivity index (χ0) is 20.1. The highest BCUT2D eigenvalue weighted by atomic mass is 16.1. The molecule has 4 rings (SSSR count). The number of hydrogen-bond acceptors (Lipinski definition) is 2. The minimum atomic E-state index is 0.148. The third-order valence-electron chi connectivity index (χ3n) is 6.19. The van der Waals surface area contributed by atoms with E-state index >= 15 is 0 Å². The van der Waals surface area contributed by atoms with Crippen molar-refractivity contribution in [3.63, 3.8) is 0 Å². The van der Waals surface area contributed by atoms with Crippen LogP contribution in [-0.4, -0.2) is 25.5 Å². The van der Waals surface area contributed by atoms with Crippen molar-refractivity contribution in [2.45, 2.75) is 44.1 Å². The minimum absolute atomic E-state index is 0.148. The van der Waals surface area contributed by atoms with Crippen LogP contribution in [-0.2, 0) is 16.8 Å². The molecule has 0 saturated heterocycles. The van der Waals surface area contributed by atoms with Gasteiger partial charge in [0.25, 0.3) is 0 Å². The van der Waals surface area contributed by atoms with Gasteiger partial charge in [0, 0.05) is 37.2 Å². The van der Waals surface area contributed by atoms with E-state index in [2.05, 4.69) is 57.3 Å². The average Bonchev–Trinajstić information content (AvgIpc) is 3.49. The van der Waals surface area contributed by atoms with Gasteiger partial charge in [-0.15, -0.1) is 0 Å². The molecule has 2 aromatic rings. The lowest BCUT2D eigenvalue weighted by atomic mass is 9.85. The number of anilines is 1. The molecule has 0 bridgehead atoms. The number of guanidine groups is 1. The summed E-state index contributed by atoms with van der Waals surface area (Å²) < 4.78 is 0. The van der Waals surface area contributed by atoms with Crippen molar-refractivity contribution >= 4 is 17.6 Å². The van der Waals surface area contributed by atoms with E-state index in [1.807, 2.05) is 18.2 Å². The molecule has 0 heterocycles. The van der Waals surface area contributed by atoms with Gasteiger partial charge in [-0.2, -0.15) is 0 Å². The fourth-order valence-corrected chi connectivity index (χ4v) is 3.84. The van der Waals surface area contributed by atoms with Gasteiger partial charge in [0.2, 0.25) is 5.91 Å². The standard InChI is InChI=1S/C24H30N4O/c1-25-23(27-17-24(13-14-24)20-10-3-2-4-11-20)26-16-18-7-5-12-21(15-18)28-22(29)19-8-6-9-19/h2-5,7,10-12,15,19H,6,8-9,13-14,16-17H2,1H3,(H,28,29)(H2,25,26,27). The van der Waals surface area contributed by atoms with Crippen LogP contribution >= 0.6 is 0 Å². The number of rotatable bonds is 7. The van der Waals surface area contributed by atoms with Gasteiger partial charge >= 0.3 is 0 Å². The van der Waals surface area contributed by atoms with Crippen molar-refractivity contribution in [3.05, 3.63) is 65.7 Å². The summed E-state index contributed by atoms with van der Waals surface area (Å²) in [6.45, 7) is 1.54. The average molecular weight is 391 g/mol. The summed E-state index contributed by atoms with van der Waals surface area (Å²) in [4.78, 5) is 16.5. The van der Waals surface area contributed by atoms with Crippen LogP contribution in [0.2, 0.25) is 0 Å². The van der Waals surface area contributed by atoms with Crippen molar-refractivity contribution < 1.29 is 4.79 Å². The summed E-state index contributed by atoms with van der Waals surface area (Å²) in [6, 6.07) is 18.7. The molecule has 0 aliphatic heterocycles. The van der Waals surface area contributed by atoms with Crippen LogP contribution in [0, 0.1) is 5.92 Å². The second-order valence-electron chi connectivity index (χ2n) is 8.24. The van der Waals surface area contributed by atoms with Crippen molar-refractivity contribution in [1.82, 2.24) is 10.6 Å². The normalized spacial score (nSPS) is 17.9. The van der Waals surface area contributed by atoms with Gasteiger partial charge < -0.3 is 16.0 Å². The van der Waals surface area contributed by atoms with Crippen molar-refractivity contribution in [3.8, 4) is 0 Å². The number of nitrogens with one attached hydrogen (secondary N) is 3. The molecule has 2 aliphatic carbocycles. The number of carbonyl (C=O) groups excluding carboxylic acids is 1. The molecule has 152 valence electrons. The van der Waals surface area contributed by atoms with E-state index in [0.29, 0.717) is 6.54 Å². The largest absolute Gasteiger partial charge is 0.356 e. The van der Waals surface area contributed by atoms with E-state index in [4.69, 9.17) is 0 Å². The van der Waals surface area contributed by atoms with Crippen LogP contribution in [0.1, 0.15) is 43.2 Å². The van der Waals surface area contributed by atoms with Crippen LogP contribution in [0.25, 0.3) is 0 Å². The summed E-state index contributed by atoms with van der Waals surface area (Å²) >= 11 is 0. The van der Waals surface area contributed by atoms with Gasteiger partial charge in [0.1, 0.15) is 0 Å². The molecule has 0 unspecified atom stereocenters. The number of carbonyl (C=O) groups is 1. The Bertz CT molecular complexity index is 869. The van der Waals surface area contributed by atoms with Gasteiger partial charge in [-0.25, -0.2) is 0 Å². The van der Waals surface area contributed by atoms with Crippen molar-refractivity contribution in [2.75, 3.05) is 18.9 Å². The Morgan fingerprint density at radius 2 is 1.86 bits per heavy atom. The summed E-state index contributed by atoms with van der Waals surface area (Å²) in [7, 11) is 1.80. The smallest absolute Gasteiger partial charge is 0.227 e. The maximum Gasteiger partial charge on any atom is 0.227 e. The van der Waals surface area contributed by atoms with E-state index in [1.165, 1.54) is 24.8 Å². The first-order valence-corrected chi connectivity index (χ1v) is 10.6. The molecule has 2 aliphatic rings. The summed E-state index contributed by atoms with van der Waals surface area (Å²) in [5.74, 6) is 1.14. The first-order valence-electron chi connectivity index (χ1n) is 10.6. The van der Waals surface area contributed by atoms with Gasteiger partial charge in [0.05, 0.1) is 0 Å². The molecule has 2 aromatic carbocycles. The Morgan fingerprint density at radius 3 is 2.52 bits per heavy atom. The van der Waals surface area contributed by atoms with E-state index in [-0.39, 0.29) is 17.2 Å². The summed E-state index contributed by atoms with van der Waals surface area (Å²) in [5.41, 5.74) is 3.62. The minimum Gasteiger partial charge on any atom is -0.356 e. The highest BCUT2D eigenvalue weighted by Gasteiger charge is 2.43. The predicted octanol–water partition coefficient (Wildman–Crippen LogP) is 3.82. The van der Waals surface area contributed by atoms with E-state index in [1.54, 1.807) is 7.05 Å². The second kappa shape index (κ2) is 8.68. The molecule has 0 aromatic heterocycles. The monoisotopic (exact) mass is 390 g/mol. The second-order valence-corrected chi connectivity index (χ2v) is 8.24. The number of aliphatic imine (C=N–C) groups is 1. The zero-order valence-corrected chi connectivity index (χ0v) is 17.1. The van der Waals surface area contributed by atoms with Crippen LogP contribution in [0.4, 0.5) is 5.69 Å². The maximum atomic E-state index is 12.2. The van der Waals surface area contributed by atoms with E-state index in [9.17, 15) is 4.79 Å².